The Morgan fingerprint density at radius 1 is 1.56 bits per heavy atom. The molecule has 1 aromatic heterocycles. The SMILES string of the molecule is C=CCN(C)C(=O)c1sc(N(C)C)nc1N. The molecule has 0 radical (unpaired) electrons. The summed E-state index contributed by atoms with van der Waals surface area (Å²) >= 11 is 1.29. The molecule has 0 saturated heterocycles. The molecule has 1 amide bonds. The minimum absolute atomic E-state index is 0.122. The summed E-state index contributed by atoms with van der Waals surface area (Å²) < 4.78 is 0. The molecule has 5 nitrogen and oxygen atoms in total. The first-order valence-electron chi connectivity index (χ1n) is 4.77. The standard InChI is InChI=1S/C10H16N4OS/c1-5-6-14(4)9(15)7-8(11)12-10(16-7)13(2)3/h5H,1,6,11H2,2-4H3. The fourth-order valence-electron chi connectivity index (χ4n) is 1.11. The van der Waals surface area contributed by atoms with Gasteiger partial charge < -0.3 is 15.5 Å². The Kier molecular flexibility index (Phi) is 3.89. The molecule has 0 aromatic carbocycles. The molecule has 0 unspecified atom stereocenters. The zero-order valence-corrected chi connectivity index (χ0v) is 10.5. The molecule has 2 N–H and O–H groups in total. The van der Waals surface area contributed by atoms with Gasteiger partial charge in [0.05, 0.1) is 0 Å². The summed E-state index contributed by atoms with van der Waals surface area (Å²) in [5.41, 5.74) is 5.71. The van der Waals surface area contributed by atoms with Gasteiger partial charge in [-0.15, -0.1) is 6.58 Å². The Labute approximate surface area is 99.2 Å². The van der Waals surface area contributed by atoms with Crippen LogP contribution in [0.5, 0.6) is 0 Å². The van der Waals surface area contributed by atoms with Gasteiger partial charge in [-0.05, 0) is 0 Å². The number of nitrogens with two attached hydrogens (primary N) is 1. The average molecular weight is 240 g/mol. The zero-order chi connectivity index (χ0) is 12.3. The van der Waals surface area contributed by atoms with E-state index in [2.05, 4.69) is 11.6 Å². The highest BCUT2D eigenvalue weighted by molar-refractivity contribution is 7.18. The van der Waals surface area contributed by atoms with Crippen LogP contribution in [-0.2, 0) is 0 Å². The highest BCUT2D eigenvalue weighted by atomic mass is 32.1. The lowest BCUT2D eigenvalue weighted by molar-refractivity contribution is 0.0815. The predicted octanol–water partition coefficient (Wildman–Crippen LogP) is 1.05. The molecular weight excluding hydrogens is 224 g/mol. The zero-order valence-electron chi connectivity index (χ0n) is 9.73. The maximum absolute atomic E-state index is 11.9. The number of carbonyl (C=O) groups excluding carboxylic acids is 1. The van der Waals surface area contributed by atoms with Crippen molar-refractivity contribution < 1.29 is 4.79 Å². The molecule has 1 rings (SSSR count). The molecule has 0 aliphatic rings. The Bertz CT molecular complexity index is 400. The van der Waals surface area contributed by atoms with Crippen LogP contribution < -0.4 is 10.6 Å². The van der Waals surface area contributed by atoms with Crippen molar-refractivity contribution in [1.29, 1.82) is 0 Å². The highest BCUT2D eigenvalue weighted by Crippen LogP contribution is 2.27. The quantitative estimate of drug-likeness (QED) is 0.799. The van der Waals surface area contributed by atoms with Crippen LogP contribution >= 0.6 is 11.3 Å². The smallest absolute Gasteiger partial charge is 0.267 e. The van der Waals surface area contributed by atoms with Crippen molar-refractivity contribution in [3.05, 3.63) is 17.5 Å². The Balaban J connectivity index is 2.95. The number of rotatable bonds is 4. The third-order valence-corrected chi connectivity index (χ3v) is 3.20. The molecule has 0 atom stereocenters. The molecule has 0 spiro atoms. The van der Waals surface area contributed by atoms with Crippen LogP contribution in [0.4, 0.5) is 10.9 Å². The van der Waals surface area contributed by atoms with Gasteiger partial charge in [-0.1, -0.05) is 17.4 Å². The minimum atomic E-state index is -0.122. The Morgan fingerprint density at radius 2 is 2.19 bits per heavy atom. The van der Waals surface area contributed by atoms with Gasteiger partial charge in [0.2, 0.25) is 0 Å². The number of carbonyl (C=O) groups is 1. The summed E-state index contributed by atoms with van der Waals surface area (Å²) in [4.78, 5) is 19.9. The monoisotopic (exact) mass is 240 g/mol. The van der Waals surface area contributed by atoms with Crippen LogP contribution in [0.3, 0.4) is 0 Å². The second-order valence-corrected chi connectivity index (χ2v) is 4.56. The first-order chi connectivity index (χ1) is 7.47. The van der Waals surface area contributed by atoms with Gasteiger partial charge in [0, 0.05) is 27.7 Å². The van der Waals surface area contributed by atoms with Gasteiger partial charge >= 0.3 is 0 Å². The van der Waals surface area contributed by atoms with Crippen molar-refractivity contribution in [3.63, 3.8) is 0 Å². The van der Waals surface area contributed by atoms with E-state index in [9.17, 15) is 4.79 Å². The summed E-state index contributed by atoms with van der Waals surface area (Å²) in [6.07, 6.45) is 1.67. The fraction of sp³-hybridized carbons (Fsp3) is 0.400. The average Bonchev–Trinajstić information content (AvgIpc) is 2.60. The highest BCUT2D eigenvalue weighted by Gasteiger charge is 2.19. The number of likely N-dealkylation sites (N-methyl/N-ethyl adjacent to an activating group) is 1. The van der Waals surface area contributed by atoms with E-state index >= 15 is 0 Å². The van der Waals surface area contributed by atoms with Gasteiger partial charge in [0.25, 0.3) is 5.91 Å². The molecule has 0 saturated carbocycles. The minimum Gasteiger partial charge on any atom is -0.382 e. The normalized spacial score (nSPS) is 9.94. The largest absolute Gasteiger partial charge is 0.382 e. The van der Waals surface area contributed by atoms with E-state index in [4.69, 9.17) is 5.73 Å². The van der Waals surface area contributed by atoms with Gasteiger partial charge in [0.15, 0.2) is 5.13 Å². The molecule has 1 aromatic rings. The molecule has 0 aliphatic heterocycles. The molecule has 0 aliphatic carbocycles. The van der Waals surface area contributed by atoms with E-state index in [1.54, 1.807) is 18.0 Å². The number of hydrogen-bond acceptors (Lipinski definition) is 5. The van der Waals surface area contributed by atoms with Crippen LogP contribution in [-0.4, -0.2) is 43.5 Å². The second-order valence-electron chi connectivity index (χ2n) is 3.58. The van der Waals surface area contributed by atoms with E-state index in [0.717, 1.165) is 5.13 Å². The van der Waals surface area contributed by atoms with Gasteiger partial charge in [-0.25, -0.2) is 4.98 Å². The fourth-order valence-corrected chi connectivity index (χ4v) is 2.02. The first-order valence-corrected chi connectivity index (χ1v) is 5.59. The van der Waals surface area contributed by atoms with Crippen LogP contribution in [0.1, 0.15) is 9.67 Å². The third kappa shape index (κ3) is 2.52. The number of aromatic nitrogens is 1. The van der Waals surface area contributed by atoms with E-state index < -0.39 is 0 Å². The topological polar surface area (TPSA) is 62.5 Å². The van der Waals surface area contributed by atoms with Crippen molar-refractivity contribution >= 4 is 28.2 Å². The summed E-state index contributed by atoms with van der Waals surface area (Å²) in [6.45, 7) is 4.08. The van der Waals surface area contributed by atoms with E-state index in [1.165, 1.54) is 11.3 Å². The lowest BCUT2D eigenvalue weighted by Crippen LogP contribution is -2.26. The lowest BCUT2D eigenvalue weighted by Gasteiger charge is -2.13. The van der Waals surface area contributed by atoms with E-state index in [1.807, 2.05) is 19.0 Å². The molecule has 1 heterocycles. The van der Waals surface area contributed by atoms with Crippen LogP contribution in [0.2, 0.25) is 0 Å². The van der Waals surface area contributed by atoms with Crippen molar-refractivity contribution in [1.82, 2.24) is 9.88 Å². The van der Waals surface area contributed by atoms with Crippen LogP contribution in [0.25, 0.3) is 0 Å². The Hall–Kier alpha value is -1.56. The molecule has 16 heavy (non-hydrogen) atoms. The Morgan fingerprint density at radius 3 is 2.62 bits per heavy atom. The van der Waals surface area contributed by atoms with Crippen LogP contribution in [0, 0.1) is 0 Å². The van der Waals surface area contributed by atoms with Gasteiger partial charge in [-0.3, -0.25) is 4.79 Å². The number of nitrogens with zero attached hydrogens (tertiary/aromatic N) is 3. The molecular formula is C10H16N4OS. The number of amides is 1. The van der Waals surface area contributed by atoms with Crippen molar-refractivity contribution in [3.8, 4) is 0 Å². The summed E-state index contributed by atoms with van der Waals surface area (Å²) in [6, 6.07) is 0. The maximum atomic E-state index is 11.9. The van der Waals surface area contributed by atoms with E-state index in [0.29, 0.717) is 11.4 Å². The molecule has 88 valence electrons. The summed E-state index contributed by atoms with van der Waals surface area (Å²) in [5, 5.41) is 0.729. The lowest BCUT2D eigenvalue weighted by atomic mass is 10.4. The number of thiazole rings is 1. The number of nitrogen functional groups attached to an aromatic ring is 1. The molecule has 0 bridgehead atoms. The number of hydrogen-bond donors (Lipinski definition) is 1. The third-order valence-electron chi connectivity index (χ3n) is 1.97. The number of anilines is 2. The van der Waals surface area contributed by atoms with Gasteiger partial charge in [0.1, 0.15) is 10.7 Å². The summed E-state index contributed by atoms with van der Waals surface area (Å²) in [7, 11) is 5.43. The maximum Gasteiger partial charge on any atom is 0.267 e. The van der Waals surface area contributed by atoms with Crippen molar-refractivity contribution in [2.45, 2.75) is 0 Å². The summed E-state index contributed by atoms with van der Waals surface area (Å²) in [5.74, 6) is 0.164. The predicted molar refractivity (Wildman–Crippen MR) is 68.0 cm³/mol. The van der Waals surface area contributed by atoms with Crippen molar-refractivity contribution in [2.24, 2.45) is 0 Å². The molecule has 6 heteroatoms. The van der Waals surface area contributed by atoms with Crippen LogP contribution in [0.15, 0.2) is 12.7 Å². The van der Waals surface area contributed by atoms with Crippen molar-refractivity contribution in [2.75, 3.05) is 38.3 Å². The molecule has 0 fully saturated rings. The second kappa shape index (κ2) is 4.98. The van der Waals surface area contributed by atoms with E-state index in [-0.39, 0.29) is 11.7 Å². The first kappa shape index (κ1) is 12.5. The van der Waals surface area contributed by atoms with Gasteiger partial charge in [-0.2, -0.15) is 0 Å².